The molecule has 0 saturated carbocycles. The van der Waals surface area contributed by atoms with Crippen LogP contribution in [-0.2, 0) is 14.4 Å². The van der Waals surface area contributed by atoms with Gasteiger partial charge in [-0.2, -0.15) is 10.2 Å². The molecule has 0 spiro atoms. The quantitative estimate of drug-likeness (QED) is 0.407. The number of hydrogen-bond donors (Lipinski definition) is 0. The minimum atomic E-state index is -0.991. The van der Waals surface area contributed by atoms with E-state index in [2.05, 4.69) is 16.4 Å². The third-order valence-electron chi connectivity index (χ3n) is 8.18. The van der Waals surface area contributed by atoms with E-state index in [4.69, 9.17) is 9.84 Å². The van der Waals surface area contributed by atoms with E-state index in [0.29, 0.717) is 17.9 Å². The second kappa shape index (κ2) is 10.5. The van der Waals surface area contributed by atoms with Crippen LogP contribution in [0.5, 0.6) is 5.75 Å². The molecule has 3 amide bonds. The lowest BCUT2D eigenvalue weighted by Crippen LogP contribution is -2.45. The average Bonchev–Trinajstić information content (AvgIpc) is 3.65. The second-order valence-electron chi connectivity index (χ2n) is 11.0. The van der Waals surface area contributed by atoms with Crippen molar-refractivity contribution in [1.82, 2.24) is 10.0 Å². The summed E-state index contributed by atoms with van der Waals surface area (Å²) in [6, 6.07) is 17.0. The SMILES string of the molecule is COc1ccc(C2CC(c3ccc(C)cc3C)=NN2C(=O)CN2N=NC3C(=O)N(c4c(C)cccc4C)C(=O)C32)cc1. The van der Waals surface area contributed by atoms with Crippen LogP contribution in [0.4, 0.5) is 5.69 Å². The number of hydrazone groups is 1. The van der Waals surface area contributed by atoms with Crippen LogP contribution in [0.1, 0.15) is 45.8 Å². The minimum absolute atomic E-state index is 0.249. The number of carbonyl (C=O) groups is 3. The number of benzene rings is 3. The van der Waals surface area contributed by atoms with Crippen LogP contribution < -0.4 is 9.64 Å². The zero-order valence-corrected chi connectivity index (χ0v) is 24.2. The molecule has 3 atom stereocenters. The fourth-order valence-electron chi connectivity index (χ4n) is 6.07. The van der Waals surface area contributed by atoms with Crippen LogP contribution in [0.2, 0.25) is 0 Å². The van der Waals surface area contributed by atoms with Crippen molar-refractivity contribution in [3.8, 4) is 5.75 Å². The largest absolute Gasteiger partial charge is 0.497 e. The van der Waals surface area contributed by atoms with Gasteiger partial charge >= 0.3 is 0 Å². The van der Waals surface area contributed by atoms with Gasteiger partial charge < -0.3 is 4.74 Å². The summed E-state index contributed by atoms with van der Waals surface area (Å²) in [5, 5.41) is 15.8. The van der Waals surface area contributed by atoms with Gasteiger partial charge in [-0.15, -0.1) is 0 Å². The zero-order valence-electron chi connectivity index (χ0n) is 24.2. The first-order valence-electron chi connectivity index (χ1n) is 13.9. The third kappa shape index (κ3) is 4.52. The van der Waals surface area contributed by atoms with Crippen molar-refractivity contribution in [2.45, 2.75) is 52.2 Å². The van der Waals surface area contributed by atoms with Gasteiger partial charge in [-0.05, 0) is 62.1 Å². The number of ether oxygens (including phenoxy) is 1. The number of aryl methyl sites for hydroxylation is 4. The molecular weight excluding hydrogens is 532 g/mol. The van der Waals surface area contributed by atoms with Crippen LogP contribution in [0.25, 0.3) is 0 Å². The van der Waals surface area contributed by atoms with E-state index < -0.39 is 23.9 Å². The van der Waals surface area contributed by atoms with Crippen LogP contribution in [0.15, 0.2) is 76.1 Å². The summed E-state index contributed by atoms with van der Waals surface area (Å²) in [5.74, 6) is -0.506. The summed E-state index contributed by atoms with van der Waals surface area (Å²) in [6.07, 6.45) is 0.521. The van der Waals surface area contributed by atoms with Crippen molar-refractivity contribution in [1.29, 1.82) is 0 Å². The Balaban J connectivity index is 1.29. The lowest BCUT2D eigenvalue weighted by molar-refractivity contribution is -0.135. The lowest BCUT2D eigenvalue weighted by Gasteiger charge is -2.26. The Morgan fingerprint density at radius 1 is 0.929 bits per heavy atom. The van der Waals surface area contributed by atoms with E-state index >= 15 is 0 Å². The van der Waals surface area contributed by atoms with Crippen LogP contribution in [0, 0.1) is 27.7 Å². The molecule has 214 valence electrons. The monoisotopic (exact) mass is 564 g/mol. The second-order valence-corrected chi connectivity index (χ2v) is 11.0. The smallest absolute Gasteiger partial charge is 0.264 e. The summed E-state index contributed by atoms with van der Waals surface area (Å²) in [7, 11) is 1.61. The number of carbonyl (C=O) groups excluding carboxylic acids is 3. The third-order valence-corrected chi connectivity index (χ3v) is 8.18. The molecule has 42 heavy (non-hydrogen) atoms. The molecule has 1 saturated heterocycles. The number of amides is 3. The number of hydrogen-bond acceptors (Lipinski definition) is 8. The molecule has 0 aliphatic carbocycles. The molecule has 10 heteroatoms. The number of fused-ring (bicyclic) bond motifs is 1. The van der Waals surface area contributed by atoms with Gasteiger partial charge in [0.25, 0.3) is 17.7 Å². The van der Waals surface area contributed by atoms with Gasteiger partial charge in [0.1, 0.15) is 12.3 Å². The summed E-state index contributed by atoms with van der Waals surface area (Å²) < 4.78 is 5.32. The van der Waals surface area contributed by atoms with Crippen LogP contribution >= 0.6 is 0 Å². The molecule has 6 rings (SSSR count). The summed E-state index contributed by atoms with van der Waals surface area (Å²) in [6.45, 7) is 7.54. The van der Waals surface area contributed by atoms with Crippen molar-refractivity contribution in [3.05, 3.63) is 94.0 Å². The highest BCUT2D eigenvalue weighted by Crippen LogP contribution is 2.37. The molecular formula is C32H32N6O4. The lowest BCUT2D eigenvalue weighted by atomic mass is 9.95. The first-order chi connectivity index (χ1) is 20.2. The van der Waals surface area contributed by atoms with Crippen molar-refractivity contribution >= 4 is 29.1 Å². The minimum Gasteiger partial charge on any atom is -0.497 e. The molecule has 0 N–H and O–H groups in total. The van der Waals surface area contributed by atoms with E-state index in [9.17, 15) is 14.4 Å². The maximum atomic E-state index is 13.9. The molecule has 3 aromatic rings. The number of anilines is 1. The van der Waals surface area contributed by atoms with Gasteiger partial charge in [-0.1, -0.05) is 59.3 Å². The summed E-state index contributed by atoms with van der Waals surface area (Å²) in [4.78, 5) is 42.1. The Morgan fingerprint density at radius 2 is 1.64 bits per heavy atom. The summed E-state index contributed by atoms with van der Waals surface area (Å²) >= 11 is 0. The molecule has 3 heterocycles. The Morgan fingerprint density at radius 3 is 2.31 bits per heavy atom. The van der Waals surface area contributed by atoms with Crippen molar-refractivity contribution in [2.75, 3.05) is 18.6 Å². The molecule has 3 unspecified atom stereocenters. The highest BCUT2D eigenvalue weighted by atomic mass is 16.5. The van der Waals surface area contributed by atoms with E-state index in [1.54, 1.807) is 7.11 Å². The fourth-order valence-corrected chi connectivity index (χ4v) is 6.07. The van der Waals surface area contributed by atoms with Gasteiger partial charge in [0.2, 0.25) is 0 Å². The Bertz CT molecular complexity index is 1640. The molecule has 0 bridgehead atoms. The number of para-hydroxylation sites is 1. The highest BCUT2D eigenvalue weighted by molar-refractivity contribution is 6.26. The summed E-state index contributed by atoms with van der Waals surface area (Å²) in [5.41, 5.74) is 7.09. The molecule has 3 aliphatic heterocycles. The van der Waals surface area contributed by atoms with Gasteiger partial charge in [0.05, 0.1) is 24.6 Å². The number of nitrogens with zero attached hydrogens (tertiary/aromatic N) is 6. The normalized spacial score (nSPS) is 21.3. The van der Waals surface area contributed by atoms with E-state index in [0.717, 1.165) is 39.1 Å². The molecule has 1 fully saturated rings. The van der Waals surface area contributed by atoms with Crippen molar-refractivity contribution < 1.29 is 19.1 Å². The predicted molar refractivity (Wildman–Crippen MR) is 157 cm³/mol. The molecule has 3 aromatic carbocycles. The van der Waals surface area contributed by atoms with E-state index in [1.165, 1.54) is 14.9 Å². The highest BCUT2D eigenvalue weighted by Gasteiger charge is 2.55. The first kappa shape index (κ1) is 27.3. The van der Waals surface area contributed by atoms with Gasteiger partial charge in [0, 0.05) is 12.0 Å². The average molecular weight is 565 g/mol. The van der Waals surface area contributed by atoms with Crippen LogP contribution in [-0.4, -0.2) is 59.2 Å². The molecule has 0 radical (unpaired) electrons. The molecule has 10 nitrogen and oxygen atoms in total. The Kier molecular flexibility index (Phi) is 6.84. The maximum Gasteiger partial charge on any atom is 0.264 e. The Hall–Kier alpha value is -4.86. The maximum absolute atomic E-state index is 13.9. The van der Waals surface area contributed by atoms with Crippen molar-refractivity contribution in [2.24, 2.45) is 15.4 Å². The predicted octanol–water partition coefficient (Wildman–Crippen LogP) is 4.60. The number of imide groups is 1. The van der Waals surface area contributed by atoms with Gasteiger partial charge in [-0.3, -0.25) is 19.4 Å². The van der Waals surface area contributed by atoms with Gasteiger partial charge in [0.15, 0.2) is 12.1 Å². The zero-order chi connectivity index (χ0) is 29.7. The van der Waals surface area contributed by atoms with E-state index in [-0.39, 0.29) is 18.5 Å². The van der Waals surface area contributed by atoms with Crippen molar-refractivity contribution in [3.63, 3.8) is 0 Å². The standard InChI is InChI=1S/C32H32N6O4/c1-18-9-14-24(21(4)15-18)25-16-26(22-10-12-23(42-5)13-11-22)38(34-25)27(39)17-36-30-28(33-35-36)31(40)37(32(30)41)29-19(2)7-6-8-20(29)3/h6-15,26,28,30H,16-17H2,1-5H3. The van der Waals surface area contributed by atoms with Gasteiger partial charge in [-0.25, -0.2) is 9.91 Å². The molecule has 3 aliphatic rings. The number of rotatable bonds is 6. The molecule has 0 aromatic heterocycles. The number of methoxy groups -OCH3 is 1. The fraction of sp³-hybridized carbons (Fsp3) is 0.312. The van der Waals surface area contributed by atoms with E-state index in [1.807, 2.05) is 82.3 Å². The first-order valence-corrected chi connectivity index (χ1v) is 13.9. The Labute approximate surface area is 244 Å². The van der Waals surface area contributed by atoms with Crippen LogP contribution in [0.3, 0.4) is 0 Å². The topological polar surface area (TPSA) is 107 Å².